The minimum Gasteiger partial charge on any atom is -0.290 e. The van der Waals surface area contributed by atoms with Gasteiger partial charge in [0.05, 0.1) is 16.6 Å². The molecule has 8 heteroatoms. The Hall–Kier alpha value is -3.68. The second kappa shape index (κ2) is 4.42. The predicted molar refractivity (Wildman–Crippen MR) is 88.9 cm³/mol. The van der Waals surface area contributed by atoms with Gasteiger partial charge in [0.25, 0.3) is 5.56 Å². The molecular weight excluding hydrogens is 308 g/mol. The van der Waals surface area contributed by atoms with Crippen LogP contribution in [0.1, 0.15) is 0 Å². The van der Waals surface area contributed by atoms with Crippen LogP contribution >= 0.6 is 0 Å². The summed E-state index contributed by atoms with van der Waals surface area (Å²) in [5, 5.41) is 1.51. The predicted octanol–water partition coefficient (Wildman–Crippen LogP) is 1.26. The maximum Gasteiger partial charge on any atom is 0.327 e. The van der Waals surface area contributed by atoms with Crippen LogP contribution in [-0.2, 0) is 0 Å². The van der Waals surface area contributed by atoms with Gasteiger partial charge in [-0.1, -0.05) is 0 Å². The van der Waals surface area contributed by atoms with Gasteiger partial charge in [-0.25, -0.2) is 14.8 Å². The third-order valence-electron chi connectivity index (χ3n) is 3.92. The number of hydrogen-bond acceptors (Lipinski definition) is 6. The van der Waals surface area contributed by atoms with Gasteiger partial charge >= 0.3 is 5.69 Å². The van der Waals surface area contributed by atoms with E-state index in [4.69, 9.17) is 0 Å². The van der Waals surface area contributed by atoms with Crippen LogP contribution in [0.3, 0.4) is 0 Å². The summed E-state index contributed by atoms with van der Waals surface area (Å²) in [6.07, 6.45) is 3.37. The van der Waals surface area contributed by atoms with Gasteiger partial charge in [-0.3, -0.25) is 24.7 Å². The Balaban J connectivity index is 2.18. The first-order valence-corrected chi connectivity index (χ1v) is 7.18. The van der Waals surface area contributed by atoms with Crippen LogP contribution in [-0.4, -0.2) is 29.9 Å². The summed E-state index contributed by atoms with van der Waals surface area (Å²) in [5.74, 6) is 0. The fourth-order valence-electron chi connectivity index (χ4n) is 2.93. The molecule has 0 fully saturated rings. The van der Waals surface area contributed by atoms with E-state index in [0.717, 1.165) is 10.8 Å². The molecule has 8 nitrogen and oxygen atoms in total. The zero-order chi connectivity index (χ0) is 16.3. The number of aromatic nitrogens is 6. The molecule has 0 spiro atoms. The molecule has 0 aliphatic rings. The van der Waals surface area contributed by atoms with E-state index in [1.165, 1.54) is 0 Å². The first-order valence-electron chi connectivity index (χ1n) is 7.18. The number of nitrogens with one attached hydrogen (secondary N) is 2. The second-order valence-electron chi connectivity index (χ2n) is 5.33. The number of hydrogen-bond donors (Lipinski definition) is 2. The molecule has 0 saturated carbocycles. The highest BCUT2D eigenvalue weighted by atomic mass is 16.2. The maximum absolute atomic E-state index is 12.0. The van der Waals surface area contributed by atoms with Crippen LogP contribution in [0.5, 0.6) is 0 Å². The lowest BCUT2D eigenvalue weighted by Crippen LogP contribution is -2.23. The van der Waals surface area contributed by atoms with Gasteiger partial charge in [0.1, 0.15) is 5.52 Å². The average molecular weight is 316 g/mol. The molecule has 0 aliphatic carbocycles. The quantitative estimate of drug-likeness (QED) is 0.328. The number of pyridine rings is 2. The largest absolute Gasteiger partial charge is 0.327 e. The van der Waals surface area contributed by atoms with Gasteiger partial charge in [0.15, 0.2) is 11.2 Å². The summed E-state index contributed by atoms with van der Waals surface area (Å²) in [6, 6.07) is 7.31. The molecule has 114 valence electrons. The first-order chi connectivity index (χ1) is 11.7. The van der Waals surface area contributed by atoms with E-state index < -0.39 is 11.2 Å². The summed E-state index contributed by atoms with van der Waals surface area (Å²) < 4.78 is 0. The smallest absolute Gasteiger partial charge is 0.290 e. The van der Waals surface area contributed by atoms with E-state index in [0.29, 0.717) is 22.1 Å². The standard InChI is InChI=1S/C16H8N6O2/c23-15-13-14(21-16(24)22-15)20-12-8-4-2-6-18-10(8)9-7(11(12)19-13)3-1-5-17-9/h1-6H,(H2,20,21,22,23,24). The third-order valence-corrected chi connectivity index (χ3v) is 3.92. The third kappa shape index (κ3) is 1.62. The lowest BCUT2D eigenvalue weighted by Gasteiger charge is -2.07. The molecular formula is C16H8N6O2. The number of nitrogens with zero attached hydrogens (tertiary/aromatic N) is 4. The van der Waals surface area contributed by atoms with Gasteiger partial charge in [-0.15, -0.1) is 0 Å². The second-order valence-corrected chi connectivity index (χ2v) is 5.33. The van der Waals surface area contributed by atoms with Crippen LogP contribution in [0.15, 0.2) is 46.2 Å². The van der Waals surface area contributed by atoms with E-state index >= 15 is 0 Å². The molecule has 0 unspecified atom stereocenters. The SMILES string of the molecule is O=c1[nH]c(=O)c2nc3c4cccnc4c4ncccc4c3nc2[nH]1. The van der Waals surface area contributed by atoms with E-state index in [2.05, 4.69) is 29.9 Å². The van der Waals surface area contributed by atoms with E-state index in [1.54, 1.807) is 24.5 Å². The monoisotopic (exact) mass is 316 g/mol. The summed E-state index contributed by atoms with van der Waals surface area (Å²) in [4.78, 5) is 46.0. The molecule has 0 saturated heterocycles. The summed E-state index contributed by atoms with van der Waals surface area (Å²) in [6.45, 7) is 0. The Morgan fingerprint density at radius 3 is 2.00 bits per heavy atom. The minimum absolute atomic E-state index is 0.0792. The Morgan fingerprint density at radius 2 is 1.33 bits per heavy atom. The van der Waals surface area contributed by atoms with Crippen molar-refractivity contribution in [3.05, 3.63) is 57.5 Å². The van der Waals surface area contributed by atoms with Gasteiger partial charge in [-0.05, 0) is 24.3 Å². The van der Waals surface area contributed by atoms with Crippen molar-refractivity contribution in [1.29, 1.82) is 0 Å². The normalized spacial score (nSPS) is 11.7. The number of fused-ring (bicyclic) bond motifs is 7. The van der Waals surface area contributed by atoms with Gasteiger partial charge in [-0.2, -0.15) is 0 Å². The van der Waals surface area contributed by atoms with E-state index in [1.807, 2.05) is 12.1 Å². The maximum atomic E-state index is 12.0. The van der Waals surface area contributed by atoms with Crippen molar-refractivity contribution in [3.8, 4) is 0 Å². The topological polar surface area (TPSA) is 117 Å². The summed E-state index contributed by atoms with van der Waals surface area (Å²) >= 11 is 0. The van der Waals surface area contributed by atoms with Crippen molar-refractivity contribution >= 4 is 44.0 Å². The molecule has 0 amide bonds. The molecule has 4 heterocycles. The van der Waals surface area contributed by atoms with Crippen LogP contribution in [0.4, 0.5) is 0 Å². The number of H-pyrrole nitrogens is 2. The summed E-state index contributed by atoms with van der Waals surface area (Å²) in [7, 11) is 0. The lowest BCUT2D eigenvalue weighted by atomic mass is 10.1. The van der Waals surface area contributed by atoms with Crippen LogP contribution in [0.25, 0.3) is 44.0 Å². The molecule has 0 bridgehead atoms. The van der Waals surface area contributed by atoms with Crippen molar-refractivity contribution in [2.24, 2.45) is 0 Å². The highest BCUT2D eigenvalue weighted by Crippen LogP contribution is 2.30. The van der Waals surface area contributed by atoms with E-state index in [9.17, 15) is 9.59 Å². The van der Waals surface area contributed by atoms with E-state index in [-0.39, 0.29) is 11.2 Å². The Kier molecular flexibility index (Phi) is 2.36. The Labute approximate surface area is 132 Å². The van der Waals surface area contributed by atoms with Crippen LogP contribution in [0, 0.1) is 0 Å². The highest BCUT2D eigenvalue weighted by Gasteiger charge is 2.15. The zero-order valence-corrected chi connectivity index (χ0v) is 12.1. The van der Waals surface area contributed by atoms with Crippen molar-refractivity contribution in [1.82, 2.24) is 29.9 Å². The fraction of sp³-hybridized carbons (Fsp3) is 0. The fourth-order valence-corrected chi connectivity index (χ4v) is 2.93. The average Bonchev–Trinajstić information content (AvgIpc) is 2.61. The molecule has 0 radical (unpaired) electrons. The van der Waals surface area contributed by atoms with Gasteiger partial charge in [0, 0.05) is 23.2 Å². The van der Waals surface area contributed by atoms with Crippen LogP contribution < -0.4 is 11.2 Å². The zero-order valence-electron chi connectivity index (χ0n) is 12.1. The van der Waals surface area contributed by atoms with Crippen molar-refractivity contribution < 1.29 is 0 Å². The minimum atomic E-state index is -0.619. The molecule has 24 heavy (non-hydrogen) atoms. The molecule has 5 aromatic rings. The van der Waals surface area contributed by atoms with Crippen molar-refractivity contribution in [2.45, 2.75) is 0 Å². The lowest BCUT2D eigenvalue weighted by molar-refractivity contribution is 1.05. The molecule has 5 rings (SSSR count). The van der Waals surface area contributed by atoms with Crippen LogP contribution in [0.2, 0.25) is 0 Å². The first kappa shape index (κ1) is 12.8. The highest BCUT2D eigenvalue weighted by molar-refractivity contribution is 6.21. The van der Waals surface area contributed by atoms with Crippen molar-refractivity contribution in [2.75, 3.05) is 0 Å². The molecule has 0 aliphatic heterocycles. The van der Waals surface area contributed by atoms with Gasteiger partial charge in [0.2, 0.25) is 0 Å². The van der Waals surface area contributed by atoms with Crippen molar-refractivity contribution in [3.63, 3.8) is 0 Å². The number of aromatic amines is 2. The molecule has 4 aromatic heterocycles. The number of benzene rings is 1. The van der Waals surface area contributed by atoms with Gasteiger partial charge < -0.3 is 0 Å². The Bertz CT molecular complexity index is 1400. The molecule has 2 N–H and O–H groups in total. The molecule has 1 aromatic carbocycles. The molecule has 0 atom stereocenters. The Morgan fingerprint density at radius 1 is 0.708 bits per heavy atom. The number of rotatable bonds is 0. The summed E-state index contributed by atoms with van der Waals surface area (Å²) in [5.41, 5.74) is 1.52.